The predicted molar refractivity (Wildman–Crippen MR) is 117 cm³/mol. The molecule has 6 heteroatoms. The number of carbonyl (C=O) groups excluding carboxylic acids is 1. The number of hydrogen-bond donors (Lipinski definition) is 0. The SMILES string of the molecule is COc1cccc(-c2cc(COC3(C(C)=O)CCC3)nn2Cc2ccccc2Cl)c1. The van der Waals surface area contributed by atoms with E-state index in [9.17, 15) is 4.79 Å². The number of nitrogens with zero attached hydrogens (tertiary/aromatic N) is 2. The Kier molecular flexibility index (Phi) is 5.93. The summed E-state index contributed by atoms with van der Waals surface area (Å²) in [6, 6.07) is 17.6. The predicted octanol–water partition coefficient (Wildman–Crippen LogP) is 5.29. The van der Waals surface area contributed by atoms with E-state index in [2.05, 4.69) is 0 Å². The third kappa shape index (κ3) is 4.13. The van der Waals surface area contributed by atoms with Crippen molar-refractivity contribution in [3.8, 4) is 17.0 Å². The van der Waals surface area contributed by atoms with E-state index in [0.717, 1.165) is 47.5 Å². The standard InChI is InChI=1S/C24H25ClN2O3/c1-17(28)24(11-6-12-24)30-16-20-14-23(18-8-5-9-21(13-18)29-2)27(26-20)15-19-7-3-4-10-22(19)25/h3-5,7-10,13-14H,6,11-12,15-16H2,1-2H3. The van der Waals surface area contributed by atoms with Crippen molar-refractivity contribution in [1.82, 2.24) is 9.78 Å². The van der Waals surface area contributed by atoms with Gasteiger partial charge in [0.05, 0.1) is 31.6 Å². The normalized spacial score (nSPS) is 14.9. The Labute approximate surface area is 181 Å². The van der Waals surface area contributed by atoms with Gasteiger partial charge in [-0.25, -0.2) is 0 Å². The van der Waals surface area contributed by atoms with Crippen molar-refractivity contribution in [2.75, 3.05) is 7.11 Å². The third-order valence-corrected chi connectivity index (χ3v) is 6.14. The van der Waals surface area contributed by atoms with E-state index < -0.39 is 5.60 Å². The summed E-state index contributed by atoms with van der Waals surface area (Å²) in [5.41, 5.74) is 3.07. The first-order valence-corrected chi connectivity index (χ1v) is 10.5. The highest BCUT2D eigenvalue weighted by Gasteiger charge is 2.42. The van der Waals surface area contributed by atoms with Crippen LogP contribution in [0.5, 0.6) is 5.75 Å². The van der Waals surface area contributed by atoms with E-state index in [4.69, 9.17) is 26.2 Å². The van der Waals surface area contributed by atoms with Gasteiger partial charge in [0.25, 0.3) is 0 Å². The fraction of sp³-hybridized carbons (Fsp3) is 0.333. The molecule has 1 aliphatic carbocycles. The Morgan fingerprint density at radius 2 is 1.97 bits per heavy atom. The van der Waals surface area contributed by atoms with Gasteiger partial charge in [-0.1, -0.05) is 41.9 Å². The van der Waals surface area contributed by atoms with E-state index in [1.165, 1.54) is 0 Å². The number of benzene rings is 2. The van der Waals surface area contributed by atoms with Crippen molar-refractivity contribution in [3.63, 3.8) is 0 Å². The van der Waals surface area contributed by atoms with Crippen LogP contribution in [0.1, 0.15) is 37.4 Å². The second-order valence-electron chi connectivity index (χ2n) is 7.69. The topological polar surface area (TPSA) is 53.4 Å². The molecule has 4 rings (SSSR count). The van der Waals surface area contributed by atoms with Gasteiger partial charge < -0.3 is 9.47 Å². The Hall–Kier alpha value is -2.63. The maximum Gasteiger partial charge on any atom is 0.161 e. The van der Waals surface area contributed by atoms with Gasteiger partial charge in [0, 0.05) is 10.6 Å². The first kappa shape index (κ1) is 20.6. The molecule has 0 radical (unpaired) electrons. The van der Waals surface area contributed by atoms with E-state index >= 15 is 0 Å². The Bertz CT molecular complexity index is 1060. The van der Waals surface area contributed by atoms with Crippen molar-refractivity contribution >= 4 is 17.4 Å². The molecule has 1 saturated carbocycles. The van der Waals surface area contributed by atoms with E-state index in [1.807, 2.05) is 59.3 Å². The van der Waals surface area contributed by atoms with Gasteiger partial charge in [-0.3, -0.25) is 9.48 Å². The Morgan fingerprint density at radius 3 is 2.63 bits per heavy atom. The molecule has 1 aromatic heterocycles. The van der Waals surface area contributed by atoms with E-state index in [-0.39, 0.29) is 5.78 Å². The summed E-state index contributed by atoms with van der Waals surface area (Å²) in [6.45, 7) is 2.44. The highest BCUT2D eigenvalue weighted by atomic mass is 35.5. The highest BCUT2D eigenvalue weighted by Crippen LogP contribution is 2.37. The number of ketones is 1. The molecule has 156 valence electrons. The molecule has 0 saturated heterocycles. The largest absolute Gasteiger partial charge is 0.497 e. The average Bonchev–Trinajstić information content (AvgIpc) is 3.11. The van der Waals surface area contributed by atoms with Crippen LogP contribution in [0.4, 0.5) is 0 Å². The van der Waals surface area contributed by atoms with Crippen molar-refractivity contribution < 1.29 is 14.3 Å². The quantitative estimate of drug-likeness (QED) is 0.493. The molecule has 0 atom stereocenters. The van der Waals surface area contributed by atoms with Crippen molar-refractivity contribution in [3.05, 3.63) is 70.9 Å². The molecule has 0 unspecified atom stereocenters. The molecule has 1 fully saturated rings. The summed E-state index contributed by atoms with van der Waals surface area (Å²) in [5.74, 6) is 0.873. The molecular formula is C24H25ClN2O3. The van der Waals surface area contributed by atoms with Gasteiger partial charge >= 0.3 is 0 Å². The second-order valence-corrected chi connectivity index (χ2v) is 8.10. The molecule has 0 aliphatic heterocycles. The van der Waals surface area contributed by atoms with E-state index in [1.54, 1.807) is 14.0 Å². The number of hydrogen-bond acceptors (Lipinski definition) is 4. The fourth-order valence-electron chi connectivity index (χ4n) is 3.77. The van der Waals surface area contributed by atoms with Crippen LogP contribution < -0.4 is 4.74 Å². The number of Topliss-reactive ketones (excluding diaryl/α,β-unsaturated/α-hetero) is 1. The minimum atomic E-state index is -0.636. The van der Waals surface area contributed by atoms with Crippen LogP contribution in [0.25, 0.3) is 11.3 Å². The van der Waals surface area contributed by atoms with Gasteiger partial charge in [0.2, 0.25) is 0 Å². The number of methoxy groups -OCH3 is 1. The molecule has 1 heterocycles. The molecule has 2 aromatic carbocycles. The Balaban J connectivity index is 1.66. The van der Waals surface area contributed by atoms with Gasteiger partial charge in [-0.2, -0.15) is 5.10 Å². The summed E-state index contributed by atoms with van der Waals surface area (Å²) in [5, 5.41) is 5.48. The molecule has 3 aromatic rings. The van der Waals surface area contributed by atoms with Crippen molar-refractivity contribution in [2.45, 2.75) is 44.9 Å². The first-order valence-electron chi connectivity index (χ1n) is 10.1. The highest BCUT2D eigenvalue weighted by molar-refractivity contribution is 6.31. The fourth-order valence-corrected chi connectivity index (χ4v) is 3.97. The summed E-state index contributed by atoms with van der Waals surface area (Å²) in [6.07, 6.45) is 2.59. The van der Waals surface area contributed by atoms with Crippen molar-refractivity contribution in [2.24, 2.45) is 0 Å². The van der Waals surface area contributed by atoms with Crippen LogP contribution >= 0.6 is 11.6 Å². The van der Waals surface area contributed by atoms with Gasteiger partial charge in [0.1, 0.15) is 11.4 Å². The van der Waals surface area contributed by atoms with Crippen LogP contribution in [0.15, 0.2) is 54.6 Å². The maximum atomic E-state index is 12.0. The molecule has 5 nitrogen and oxygen atoms in total. The molecule has 0 amide bonds. The zero-order valence-corrected chi connectivity index (χ0v) is 18.0. The van der Waals surface area contributed by atoms with Gasteiger partial charge in [-0.05, 0) is 56.0 Å². The van der Waals surface area contributed by atoms with Gasteiger partial charge in [0.15, 0.2) is 5.78 Å². The molecule has 0 spiro atoms. The minimum Gasteiger partial charge on any atom is -0.497 e. The molecule has 1 aliphatic rings. The van der Waals surface area contributed by atoms with Gasteiger partial charge in [-0.15, -0.1) is 0 Å². The third-order valence-electron chi connectivity index (χ3n) is 5.77. The number of rotatable bonds is 8. The minimum absolute atomic E-state index is 0.0947. The van der Waals surface area contributed by atoms with Crippen LogP contribution in [0, 0.1) is 0 Å². The Morgan fingerprint density at radius 1 is 1.17 bits per heavy atom. The number of halogens is 1. The second kappa shape index (κ2) is 8.62. The molecule has 0 N–H and O–H groups in total. The van der Waals surface area contributed by atoms with Crippen LogP contribution in [0.3, 0.4) is 0 Å². The molecule has 30 heavy (non-hydrogen) atoms. The summed E-state index contributed by atoms with van der Waals surface area (Å²) >= 11 is 6.39. The lowest BCUT2D eigenvalue weighted by molar-refractivity contribution is -0.158. The molecular weight excluding hydrogens is 400 g/mol. The summed E-state index contributed by atoms with van der Waals surface area (Å²) in [4.78, 5) is 12.0. The molecule has 0 bridgehead atoms. The van der Waals surface area contributed by atoms with Crippen LogP contribution in [-0.2, 0) is 22.7 Å². The zero-order chi connectivity index (χ0) is 21.1. The average molecular weight is 425 g/mol. The van der Waals surface area contributed by atoms with Crippen LogP contribution in [-0.4, -0.2) is 28.3 Å². The maximum absolute atomic E-state index is 12.0. The number of aromatic nitrogens is 2. The smallest absolute Gasteiger partial charge is 0.161 e. The number of carbonyl (C=O) groups is 1. The number of ether oxygens (including phenoxy) is 2. The van der Waals surface area contributed by atoms with Crippen molar-refractivity contribution in [1.29, 1.82) is 0 Å². The lowest BCUT2D eigenvalue weighted by Gasteiger charge is -2.39. The zero-order valence-electron chi connectivity index (χ0n) is 17.2. The monoisotopic (exact) mass is 424 g/mol. The van der Waals surface area contributed by atoms with E-state index in [0.29, 0.717) is 18.2 Å². The lowest BCUT2D eigenvalue weighted by Crippen LogP contribution is -2.46. The lowest BCUT2D eigenvalue weighted by atomic mass is 9.77. The summed E-state index contributed by atoms with van der Waals surface area (Å²) in [7, 11) is 1.65. The first-order chi connectivity index (χ1) is 14.5. The van der Waals surface area contributed by atoms with Crippen LogP contribution in [0.2, 0.25) is 5.02 Å². The summed E-state index contributed by atoms with van der Waals surface area (Å²) < 4.78 is 13.4.